The van der Waals surface area contributed by atoms with Gasteiger partial charge in [-0.25, -0.2) is 4.57 Å². The van der Waals surface area contributed by atoms with Crippen molar-refractivity contribution in [1.82, 2.24) is 0 Å². The number of phosphoric ester groups is 1. The van der Waals surface area contributed by atoms with Crippen molar-refractivity contribution in [2.24, 2.45) is 0 Å². The molecule has 0 aromatic rings. The average molecular weight is 883 g/mol. The van der Waals surface area contributed by atoms with E-state index in [0.29, 0.717) is 19.3 Å². The minimum atomic E-state index is -5.14. The van der Waals surface area contributed by atoms with Gasteiger partial charge in [-0.2, -0.15) is 0 Å². The van der Waals surface area contributed by atoms with Gasteiger partial charge in [-0.3, -0.25) is 18.6 Å². The number of carbonyl (C=O) groups is 2. The van der Waals surface area contributed by atoms with Crippen molar-refractivity contribution in [3.63, 3.8) is 0 Å². The van der Waals surface area contributed by atoms with Gasteiger partial charge in [0.1, 0.15) is 43.2 Å². The number of aliphatic hydroxyl groups is 5. The van der Waals surface area contributed by atoms with Crippen LogP contribution in [0.1, 0.15) is 155 Å². The summed E-state index contributed by atoms with van der Waals surface area (Å²) in [5.74, 6) is -1.19. The Morgan fingerprint density at radius 3 is 1.39 bits per heavy atom. The van der Waals surface area contributed by atoms with Crippen molar-refractivity contribution in [3.05, 3.63) is 72.9 Å². The molecule has 0 aromatic heterocycles. The third kappa shape index (κ3) is 29.3. The third-order valence-electron chi connectivity index (χ3n) is 10.0. The number of hydrogen-bond acceptors (Lipinski definition) is 12. The van der Waals surface area contributed by atoms with Crippen LogP contribution in [0, 0.1) is 0 Å². The minimum absolute atomic E-state index is 0.0142. The summed E-state index contributed by atoms with van der Waals surface area (Å²) >= 11 is 0. The topological polar surface area (TPSA) is 210 Å². The van der Waals surface area contributed by atoms with Gasteiger partial charge in [-0.15, -0.1) is 0 Å². The number of phosphoric acid groups is 1. The number of aliphatic hydroxyl groups excluding tert-OH is 5. The average Bonchev–Trinajstić information content (AvgIpc) is 3.24. The van der Waals surface area contributed by atoms with E-state index in [4.69, 9.17) is 18.5 Å². The van der Waals surface area contributed by atoms with Crippen LogP contribution in [-0.4, -0.2) is 98.3 Å². The Morgan fingerprint density at radius 1 is 0.508 bits per heavy atom. The van der Waals surface area contributed by atoms with E-state index in [1.165, 1.54) is 38.5 Å². The van der Waals surface area contributed by atoms with Gasteiger partial charge in [-0.05, 0) is 83.5 Å². The summed E-state index contributed by atoms with van der Waals surface area (Å²) in [6.07, 6.45) is 32.4. The van der Waals surface area contributed by atoms with E-state index in [1.807, 2.05) is 12.2 Å². The Bertz CT molecular complexity index is 1340. The van der Waals surface area contributed by atoms with Crippen molar-refractivity contribution in [3.8, 4) is 0 Å². The van der Waals surface area contributed by atoms with Gasteiger partial charge in [-0.1, -0.05) is 132 Å². The van der Waals surface area contributed by atoms with Crippen LogP contribution >= 0.6 is 7.82 Å². The number of ether oxygens (including phenoxy) is 2. The lowest BCUT2D eigenvalue weighted by Crippen LogP contribution is -2.64. The quantitative estimate of drug-likeness (QED) is 0.0151. The molecule has 0 radical (unpaired) electrons. The first kappa shape index (κ1) is 56.3. The van der Waals surface area contributed by atoms with Crippen LogP contribution in [0.3, 0.4) is 0 Å². The molecule has 6 N–H and O–H groups in total. The second kappa shape index (κ2) is 36.7. The zero-order valence-electron chi connectivity index (χ0n) is 36.9. The third-order valence-corrected chi connectivity index (χ3v) is 11.0. The van der Waals surface area contributed by atoms with E-state index in [9.17, 15) is 44.6 Å². The zero-order chi connectivity index (χ0) is 45.0. The fourth-order valence-corrected chi connectivity index (χ4v) is 7.28. The molecule has 1 aliphatic rings. The molecule has 1 aliphatic carbocycles. The second-order valence-electron chi connectivity index (χ2n) is 15.5. The predicted octanol–water partition coefficient (Wildman–Crippen LogP) is 8.72. The van der Waals surface area contributed by atoms with Crippen LogP contribution in [0.5, 0.6) is 0 Å². The lowest BCUT2D eigenvalue weighted by Gasteiger charge is -2.41. The molecule has 8 atom stereocenters. The number of hydrogen-bond donors (Lipinski definition) is 6. The molecule has 13 nitrogen and oxygen atoms in total. The van der Waals surface area contributed by atoms with Crippen molar-refractivity contribution >= 4 is 19.8 Å². The molecular weight excluding hydrogens is 803 g/mol. The van der Waals surface area contributed by atoms with Gasteiger partial charge >= 0.3 is 19.8 Å². The van der Waals surface area contributed by atoms with Crippen LogP contribution in [0.4, 0.5) is 0 Å². The molecule has 61 heavy (non-hydrogen) atoms. The molecule has 0 amide bonds. The SMILES string of the molecule is CCCCC/C=C/C/C=C/C/C=C/C/C=C/CCCC(=O)O[C@H](COC(=O)CCCCCCC/C=C/C/C=C/CCCCC)COP(=O)(O)OC1C(O)C(O)C(O)[C@H](O)C1O. The van der Waals surface area contributed by atoms with Crippen LogP contribution in [-0.2, 0) is 32.7 Å². The molecule has 1 fully saturated rings. The Hall–Kier alpha value is -2.71. The summed E-state index contributed by atoms with van der Waals surface area (Å²) in [6, 6.07) is 0. The Balaban J connectivity index is 2.53. The van der Waals surface area contributed by atoms with E-state index < -0.39 is 75.7 Å². The Labute approximate surface area is 365 Å². The monoisotopic (exact) mass is 883 g/mol. The van der Waals surface area contributed by atoms with E-state index >= 15 is 0 Å². The fraction of sp³-hybridized carbons (Fsp3) is 0.702. The molecule has 350 valence electrons. The van der Waals surface area contributed by atoms with E-state index in [1.54, 1.807) is 0 Å². The smallest absolute Gasteiger partial charge is 0.462 e. The van der Waals surface area contributed by atoms with Crippen LogP contribution < -0.4 is 0 Å². The number of esters is 2. The minimum Gasteiger partial charge on any atom is -0.462 e. The highest BCUT2D eigenvalue weighted by Gasteiger charge is 2.51. The fourth-order valence-electron chi connectivity index (χ4n) is 6.31. The zero-order valence-corrected chi connectivity index (χ0v) is 37.8. The van der Waals surface area contributed by atoms with Gasteiger partial charge in [0.15, 0.2) is 6.10 Å². The molecule has 0 heterocycles. The second-order valence-corrected chi connectivity index (χ2v) is 16.9. The molecule has 0 spiro atoms. The molecule has 1 saturated carbocycles. The first-order valence-corrected chi connectivity index (χ1v) is 24.2. The predicted molar refractivity (Wildman–Crippen MR) is 239 cm³/mol. The summed E-state index contributed by atoms with van der Waals surface area (Å²) in [4.78, 5) is 35.6. The number of unbranched alkanes of at least 4 members (excludes halogenated alkanes) is 12. The normalized spacial score (nSPS) is 22.7. The number of carbonyl (C=O) groups excluding carboxylic acids is 2. The first-order chi connectivity index (χ1) is 29.4. The van der Waals surface area contributed by atoms with E-state index in [-0.39, 0.29) is 12.8 Å². The van der Waals surface area contributed by atoms with Crippen molar-refractivity contribution < 1.29 is 63.1 Å². The van der Waals surface area contributed by atoms with Crippen molar-refractivity contribution in [1.29, 1.82) is 0 Å². The van der Waals surface area contributed by atoms with Gasteiger partial charge in [0.25, 0.3) is 0 Å². The standard InChI is InChI=1S/C47H79O13P/c1-3-5-7-9-11-13-15-17-19-20-22-24-26-28-30-32-34-36-41(49)59-39(38-58-61(55,56)60-47-45(53)43(51)42(50)44(52)46(47)54)37-57-40(48)35-33-31-29-27-25-23-21-18-16-14-12-10-8-6-4-2/h11-14,17-19,21-22,24,28,30,39,42-47,50-54H,3-10,15-16,20,23,25-27,29,31-38H2,1-2H3,(H,55,56)/b13-11+,14-12+,19-17+,21-18+,24-22+,30-28+/t39-,42?,43+,44?,45?,46?,47?/m1/s1. The number of allylic oxidation sites excluding steroid dienone is 12. The van der Waals surface area contributed by atoms with Gasteiger partial charge in [0.05, 0.1) is 6.61 Å². The molecule has 1 rings (SSSR count). The Morgan fingerprint density at radius 2 is 0.902 bits per heavy atom. The maximum Gasteiger partial charge on any atom is 0.472 e. The van der Waals surface area contributed by atoms with E-state index in [0.717, 1.165) is 70.6 Å². The molecule has 0 saturated heterocycles. The lowest BCUT2D eigenvalue weighted by molar-refractivity contribution is -0.220. The van der Waals surface area contributed by atoms with Crippen LogP contribution in [0.2, 0.25) is 0 Å². The molecule has 14 heteroatoms. The molecule has 6 unspecified atom stereocenters. The first-order valence-electron chi connectivity index (χ1n) is 22.7. The largest absolute Gasteiger partial charge is 0.472 e. The van der Waals surface area contributed by atoms with Crippen LogP contribution in [0.15, 0.2) is 72.9 Å². The van der Waals surface area contributed by atoms with Gasteiger partial charge < -0.3 is 39.9 Å². The summed E-state index contributed by atoms with van der Waals surface area (Å²) in [5, 5.41) is 50.1. The Kier molecular flexibility index (Phi) is 33.9. The molecule has 0 bridgehead atoms. The maximum absolute atomic E-state index is 12.8. The molecule has 0 aromatic carbocycles. The summed E-state index contributed by atoms with van der Waals surface area (Å²) in [5.41, 5.74) is 0. The summed E-state index contributed by atoms with van der Waals surface area (Å²) < 4.78 is 33.4. The van der Waals surface area contributed by atoms with Gasteiger partial charge in [0.2, 0.25) is 0 Å². The lowest BCUT2D eigenvalue weighted by atomic mass is 9.85. The highest BCUT2D eigenvalue weighted by molar-refractivity contribution is 7.47. The van der Waals surface area contributed by atoms with Crippen LogP contribution in [0.25, 0.3) is 0 Å². The summed E-state index contributed by atoms with van der Waals surface area (Å²) in [7, 11) is -5.14. The van der Waals surface area contributed by atoms with Crippen molar-refractivity contribution in [2.75, 3.05) is 13.2 Å². The highest BCUT2D eigenvalue weighted by atomic mass is 31.2. The molecular formula is C47H79O13P. The summed E-state index contributed by atoms with van der Waals surface area (Å²) in [6.45, 7) is 3.17. The number of rotatable bonds is 36. The molecule has 0 aliphatic heterocycles. The maximum atomic E-state index is 12.8. The van der Waals surface area contributed by atoms with Gasteiger partial charge in [0, 0.05) is 12.8 Å². The highest BCUT2D eigenvalue weighted by Crippen LogP contribution is 2.47. The van der Waals surface area contributed by atoms with Crippen molar-refractivity contribution in [2.45, 2.75) is 198 Å². The van der Waals surface area contributed by atoms with E-state index in [2.05, 4.69) is 74.6 Å².